The van der Waals surface area contributed by atoms with Gasteiger partial charge in [0.15, 0.2) is 0 Å². The average Bonchev–Trinajstić information content (AvgIpc) is 2.14. The van der Waals surface area contributed by atoms with E-state index in [1.165, 1.54) is 0 Å². The van der Waals surface area contributed by atoms with Crippen LogP contribution in [0.25, 0.3) is 0 Å². The smallest absolute Gasteiger partial charge is 0.225 e. The largest absolute Gasteiger partial charge is 0.345 e. The lowest BCUT2D eigenvalue weighted by atomic mass is 9.96. The third kappa shape index (κ3) is 5.60. The summed E-state index contributed by atoms with van der Waals surface area (Å²) in [6.45, 7) is 6.75. The number of hydrogen-bond donors (Lipinski definition) is 2. The number of nitrogens with two attached hydrogens (primary N) is 1. The van der Waals surface area contributed by atoms with E-state index in [4.69, 9.17) is 5.73 Å². The van der Waals surface area contributed by atoms with Crippen molar-refractivity contribution in [2.75, 3.05) is 13.1 Å². The summed E-state index contributed by atoms with van der Waals surface area (Å²) in [4.78, 5) is 11.5. The van der Waals surface area contributed by atoms with Crippen LogP contribution in [-0.2, 0) is 4.79 Å². The van der Waals surface area contributed by atoms with Gasteiger partial charge in [0, 0.05) is 6.54 Å². The summed E-state index contributed by atoms with van der Waals surface area (Å²) in [5, 5.41) is 2.75. The fourth-order valence-electron chi connectivity index (χ4n) is 1.24. The first-order valence-electron chi connectivity index (χ1n) is 4.99. The summed E-state index contributed by atoms with van der Waals surface area (Å²) < 4.78 is 0. The van der Waals surface area contributed by atoms with Crippen LogP contribution in [0.1, 0.15) is 27.2 Å². The first-order chi connectivity index (χ1) is 6.61. The summed E-state index contributed by atoms with van der Waals surface area (Å²) in [7, 11) is 0. The summed E-state index contributed by atoms with van der Waals surface area (Å²) in [6.07, 6.45) is 0.835. The lowest BCUT2D eigenvalue weighted by molar-refractivity contribution is -0.124. The molecule has 0 rings (SSSR count). The normalized spacial score (nSPS) is 11.8. The van der Waals surface area contributed by atoms with Crippen LogP contribution >= 0.6 is 0 Å². The maximum absolute atomic E-state index is 11.5. The lowest BCUT2D eigenvalue weighted by Gasteiger charge is -2.15. The van der Waals surface area contributed by atoms with E-state index < -0.39 is 0 Å². The summed E-state index contributed by atoms with van der Waals surface area (Å²) in [5.41, 5.74) is 5.53. The molecule has 1 atom stereocenters. The fourth-order valence-corrected chi connectivity index (χ4v) is 1.24. The van der Waals surface area contributed by atoms with Crippen molar-refractivity contribution in [1.82, 2.24) is 5.32 Å². The molecule has 0 spiro atoms. The van der Waals surface area contributed by atoms with Crippen LogP contribution in [0.2, 0.25) is 0 Å². The van der Waals surface area contributed by atoms with Gasteiger partial charge in [-0.05, 0) is 19.3 Å². The van der Waals surface area contributed by atoms with Crippen molar-refractivity contribution in [2.45, 2.75) is 27.2 Å². The highest BCUT2D eigenvalue weighted by Gasteiger charge is 2.16. The predicted octanol–water partition coefficient (Wildman–Crippen LogP) is 0.747. The van der Waals surface area contributed by atoms with Gasteiger partial charge in [0.2, 0.25) is 5.91 Å². The van der Waals surface area contributed by atoms with Crippen molar-refractivity contribution in [2.24, 2.45) is 17.6 Å². The Morgan fingerprint density at radius 1 is 1.50 bits per heavy atom. The van der Waals surface area contributed by atoms with E-state index in [-0.39, 0.29) is 11.8 Å². The highest BCUT2D eigenvalue weighted by molar-refractivity contribution is 5.79. The molecule has 0 aliphatic carbocycles. The fraction of sp³-hybridized carbons (Fsp3) is 0.727. The molecule has 0 saturated heterocycles. The molecule has 0 radical (unpaired) electrons. The molecule has 0 bridgehead atoms. The third-order valence-corrected chi connectivity index (χ3v) is 1.94. The Morgan fingerprint density at radius 3 is 2.57 bits per heavy atom. The van der Waals surface area contributed by atoms with Crippen LogP contribution in [-0.4, -0.2) is 19.0 Å². The van der Waals surface area contributed by atoms with Crippen molar-refractivity contribution >= 4 is 5.91 Å². The first kappa shape index (κ1) is 13.0. The molecule has 0 fully saturated rings. The Balaban J connectivity index is 3.95. The molecule has 80 valence electrons. The average molecular weight is 196 g/mol. The molecule has 1 unspecified atom stereocenters. The van der Waals surface area contributed by atoms with Crippen molar-refractivity contribution in [3.05, 3.63) is 0 Å². The van der Waals surface area contributed by atoms with Crippen LogP contribution in [0.5, 0.6) is 0 Å². The minimum absolute atomic E-state index is 0.0175. The number of amides is 1. The van der Waals surface area contributed by atoms with E-state index in [0.717, 1.165) is 6.42 Å². The Labute approximate surface area is 86.4 Å². The van der Waals surface area contributed by atoms with Crippen molar-refractivity contribution in [1.29, 1.82) is 0 Å². The van der Waals surface area contributed by atoms with Gasteiger partial charge in [-0.15, -0.1) is 5.92 Å². The van der Waals surface area contributed by atoms with E-state index >= 15 is 0 Å². The predicted molar refractivity (Wildman–Crippen MR) is 58.5 cm³/mol. The van der Waals surface area contributed by atoms with Gasteiger partial charge in [0.05, 0.1) is 12.5 Å². The van der Waals surface area contributed by atoms with Crippen molar-refractivity contribution < 1.29 is 4.79 Å². The van der Waals surface area contributed by atoms with Crippen LogP contribution < -0.4 is 11.1 Å². The monoisotopic (exact) mass is 196 g/mol. The second-order valence-electron chi connectivity index (χ2n) is 3.71. The molecular formula is C11H20N2O. The van der Waals surface area contributed by atoms with Crippen LogP contribution in [0.3, 0.4) is 0 Å². The Kier molecular flexibility index (Phi) is 6.87. The number of rotatable bonds is 5. The second-order valence-corrected chi connectivity index (χ2v) is 3.71. The zero-order valence-electron chi connectivity index (χ0n) is 9.26. The van der Waals surface area contributed by atoms with Gasteiger partial charge in [0.1, 0.15) is 0 Å². The molecule has 0 saturated carbocycles. The molecule has 1 amide bonds. The minimum atomic E-state index is -0.0753. The zero-order chi connectivity index (χ0) is 11.0. The Bertz CT molecular complexity index is 225. The molecule has 0 aromatic rings. The summed E-state index contributed by atoms with van der Waals surface area (Å²) in [6, 6.07) is 0. The molecular weight excluding hydrogens is 176 g/mol. The SMILES string of the molecule is CC#CCNC(=O)C(CN)CC(C)C. The molecule has 0 heterocycles. The van der Waals surface area contributed by atoms with Crippen molar-refractivity contribution in [3.63, 3.8) is 0 Å². The molecule has 3 heteroatoms. The standard InChI is InChI=1S/C11H20N2O/c1-4-5-6-13-11(14)10(8-12)7-9(2)3/h9-10H,6-8,12H2,1-3H3,(H,13,14). The van der Waals surface area contributed by atoms with Crippen LogP contribution in [0.4, 0.5) is 0 Å². The number of hydrogen-bond acceptors (Lipinski definition) is 2. The van der Waals surface area contributed by atoms with E-state index in [1.807, 2.05) is 0 Å². The number of carbonyl (C=O) groups excluding carboxylic acids is 1. The molecule has 14 heavy (non-hydrogen) atoms. The number of carbonyl (C=O) groups is 1. The van der Waals surface area contributed by atoms with Gasteiger partial charge >= 0.3 is 0 Å². The van der Waals surface area contributed by atoms with Gasteiger partial charge < -0.3 is 11.1 Å². The topological polar surface area (TPSA) is 55.1 Å². The van der Waals surface area contributed by atoms with Gasteiger partial charge in [-0.3, -0.25) is 4.79 Å². The summed E-state index contributed by atoms with van der Waals surface area (Å²) >= 11 is 0. The quantitative estimate of drug-likeness (QED) is 0.637. The van der Waals surface area contributed by atoms with E-state index in [0.29, 0.717) is 19.0 Å². The van der Waals surface area contributed by atoms with E-state index in [9.17, 15) is 4.79 Å². The Morgan fingerprint density at radius 2 is 2.14 bits per heavy atom. The van der Waals surface area contributed by atoms with E-state index in [2.05, 4.69) is 31.0 Å². The molecule has 0 aliphatic rings. The molecule has 0 aromatic carbocycles. The molecule has 3 nitrogen and oxygen atoms in total. The Hall–Kier alpha value is -1.01. The minimum Gasteiger partial charge on any atom is -0.345 e. The maximum Gasteiger partial charge on any atom is 0.225 e. The maximum atomic E-state index is 11.5. The van der Waals surface area contributed by atoms with Crippen LogP contribution in [0.15, 0.2) is 0 Å². The van der Waals surface area contributed by atoms with Gasteiger partial charge in [0.25, 0.3) is 0 Å². The first-order valence-corrected chi connectivity index (χ1v) is 4.99. The second kappa shape index (κ2) is 7.40. The van der Waals surface area contributed by atoms with Crippen LogP contribution in [0, 0.1) is 23.7 Å². The lowest BCUT2D eigenvalue weighted by Crippen LogP contribution is -2.35. The van der Waals surface area contributed by atoms with Crippen molar-refractivity contribution in [3.8, 4) is 11.8 Å². The van der Waals surface area contributed by atoms with E-state index in [1.54, 1.807) is 6.92 Å². The highest BCUT2D eigenvalue weighted by atomic mass is 16.1. The third-order valence-electron chi connectivity index (χ3n) is 1.94. The molecule has 0 aromatic heterocycles. The van der Waals surface area contributed by atoms with Gasteiger partial charge in [-0.1, -0.05) is 19.8 Å². The highest BCUT2D eigenvalue weighted by Crippen LogP contribution is 2.10. The zero-order valence-corrected chi connectivity index (χ0v) is 9.26. The summed E-state index contributed by atoms with van der Waals surface area (Å²) in [5.74, 6) is 5.95. The molecule has 0 aliphatic heterocycles. The van der Waals surface area contributed by atoms with Gasteiger partial charge in [-0.2, -0.15) is 0 Å². The molecule has 3 N–H and O–H groups in total. The van der Waals surface area contributed by atoms with Gasteiger partial charge in [-0.25, -0.2) is 0 Å². The number of nitrogens with one attached hydrogen (secondary N) is 1.